The van der Waals surface area contributed by atoms with Gasteiger partial charge in [-0.05, 0) is 50.2 Å². The van der Waals surface area contributed by atoms with Gasteiger partial charge in [-0.2, -0.15) is 10.2 Å². The first kappa shape index (κ1) is 20.8. The van der Waals surface area contributed by atoms with E-state index in [1.165, 1.54) is 24.0 Å². The quantitative estimate of drug-likeness (QED) is 0.602. The van der Waals surface area contributed by atoms with E-state index >= 15 is 0 Å². The number of oxazole rings is 1. The molecular weight excluding hydrogens is 426 g/mol. The number of nitrogens with one attached hydrogen (secondary N) is 1. The van der Waals surface area contributed by atoms with Crippen LogP contribution in [0, 0.1) is 23.2 Å². The molecule has 0 saturated carbocycles. The minimum absolute atomic E-state index is 0.0251. The van der Waals surface area contributed by atoms with Crippen molar-refractivity contribution in [2.45, 2.75) is 45.4 Å². The Bertz CT molecular complexity index is 1140. The summed E-state index contributed by atoms with van der Waals surface area (Å²) < 4.78 is 11.2. The average Bonchev–Trinajstić information content (AvgIpc) is 3.57. The van der Waals surface area contributed by atoms with Gasteiger partial charge in [0.1, 0.15) is 6.07 Å². The number of rotatable bonds is 5. The van der Waals surface area contributed by atoms with Crippen LogP contribution in [0.5, 0.6) is 0 Å². The van der Waals surface area contributed by atoms with Crippen LogP contribution >= 0.6 is 11.3 Å². The second-order valence-electron chi connectivity index (χ2n) is 8.42. The molecule has 1 N–H and O–H groups in total. The number of nitriles is 1. The minimum atomic E-state index is -0.0893. The number of fused-ring (bicyclic) bond motifs is 1. The maximum Gasteiger partial charge on any atom is 0.266 e. The molecule has 3 aromatic rings. The van der Waals surface area contributed by atoms with Crippen molar-refractivity contribution in [1.82, 2.24) is 9.97 Å². The minimum Gasteiger partial charge on any atom is -0.459 e. The molecule has 0 spiro atoms. The molecule has 5 rings (SSSR count). The number of aromatic nitrogens is 2. The Morgan fingerprint density at radius 2 is 2.19 bits per heavy atom. The molecule has 0 unspecified atom stereocenters. The van der Waals surface area contributed by atoms with Gasteiger partial charge in [0, 0.05) is 23.9 Å². The summed E-state index contributed by atoms with van der Waals surface area (Å²) in [5, 5.41) is 13.2. The number of nitrogens with zero attached hydrogens (tertiary/aromatic N) is 4. The van der Waals surface area contributed by atoms with Crippen molar-refractivity contribution in [3.63, 3.8) is 0 Å². The lowest BCUT2D eigenvalue weighted by Gasteiger charge is -2.30. The van der Waals surface area contributed by atoms with Gasteiger partial charge >= 0.3 is 0 Å². The second kappa shape index (κ2) is 8.79. The topological polar surface area (TPSA) is 108 Å². The smallest absolute Gasteiger partial charge is 0.266 e. The SMILES string of the molecule is CC[C@H]1CCc2nc(NC(=O)C3CCN(c4oc(-c5ccco5)nc4C#N)CC3)sc2C1. The highest BCUT2D eigenvalue weighted by molar-refractivity contribution is 7.15. The first-order valence-corrected chi connectivity index (χ1v) is 12.0. The Kier molecular flexibility index (Phi) is 5.70. The van der Waals surface area contributed by atoms with Crippen molar-refractivity contribution in [2.24, 2.45) is 11.8 Å². The predicted octanol–water partition coefficient (Wildman–Crippen LogP) is 4.63. The first-order valence-electron chi connectivity index (χ1n) is 11.1. The molecular formula is C23H25N5O3S. The molecule has 1 aliphatic carbocycles. The molecule has 1 atom stereocenters. The van der Waals surface area contributed by atoms with Gasteiger partial charge in [0.25, 0.3) is 5.89 Å². The summed E-state index contributed by atoms with van der Waals surface area (Å²) in [6.07, 6.45) is 7.36. The van der Waals surface area contributed by atoms with E-state index in [1.54, 1.807) is 23.5 Å². The fourth-order valence-corrected chi connectivity index (χ4v) is 5.63. The third-order valence-corrected chi connectivity index (χ3v) is 7.48. The summed E-state index contributed by atoms with van der Waals surface area (Å²) in [5.74, 6) is 1.89. The van der Waals surface area contributed by atoms with Crippen LogP contribution in [0.2, 0.25) is 0 Å². The number of amides is 1. The van der Waals surface area contributed by atoms with Gasteiger partial charge in [-0.15, -0.1) is 11.3 Å². The molecule has 1 fully saturated rings. The van der Waals surface area contributed by atoms with E-state index in [2.05, 4.69) is 28.3 Å². The molecule has 8 nitrogen and oxygen atoms in total. The van der Waals surface area contributed by atoms with E-state index < -0.39 is 0 Å². The number of hydrogen-bond donors (Lipinski definition) is 1. The largest absolute Gasteiger partial charge is 0.459 e. The summed E-state index contributed by atoms with van der Waals surface area (Å²) in [6.45, 7) is 3.47. The number of piperidine rings is 1. The number of aryl methyl sites for hydroxylation is 1. The van der Waals surface area contributed by atoms with Crippen LogP contribution in [0.15, 0.2) is 27.2 Å². The van der Waals surface area contributed by atoms with Gasteiger partial charge in [0.2, 0.25) is 17.5 Å². The van der Waals surface area contributed by atoms with Gasteiger partial charge in [0.15, 0.2) is 10.9 Å². The second-order valence-corrected chi connectivity index (χ2v) is 9.50. The van der Waals surface area contributed by atoms with Crippen molar-refractivity contribution in [3.05, 3.63) is 34.7 Å². The average molecular weight is 452 g/mol. The lowest BCUT2D eigenvalue weighted by molar-refractivity contribution is -0.120. The zero-order valence-electron chi connectivity index (χ0n) is 18.0. The standard InChI is InChI=1S/C23H25N5O3S/c1-2-14-5-6-16-19(12-14)32-23(26-16)27-20(29)15-7-9-28(10-8-15)22-17(13-24)25-21(31-22)18-4-3-11-30-18/h3-4,11,14-15H,2,5-10,12H2,1H3,(H,26,27,29)/t14-/m0/s1. The van der Waals surface area contributed by atoms with Gasteiger partial charge in [-0.1, -0.05) is 13.3 Å². The molecule has 3 aromatic heterocycles. The molecule has 166 valence electrons. The van der Waals surface area contributed by atoms with Crippen molar-refractivity contribution in [1.29, 1.82) is 5.26 Å². The Hall–Kier alpha value is -3.12. The van der Waals surface area contributed by atoms with E-state index in [1.807, 2.05) is 4.90 Å². The summed E-state index contributed by atoms with van der Waals surface area (Å²) in [6, 6.07) is 5.59. The Morgan fingerprint density at radius 1 is 1.34 bits per heavy atom. The summed E-state index contributed by atoms with van der Waals surface area (Å²) in [5.41, 5.74) is 1.39. The molecule has 1 saturated heterocycles. The normalized spacial score (nSPS) is 18.9. The fraction of sp³-hybridized carbons (Fsp3) is 0.478. The zero-order valence-corrected chi connectivity index (χ0v) is 18.8. The van der Waals surface area contributed by atoms with Crippen molar-refractivity contribution in [2.75, 3.05) is 23.3 Å². The van der Waals surface area contributed by atoms with Crippen molar-refractivity contribution < 1.29 is 13.6 Å². The first-order chi connectivity index (χ1) is 15.6. The number of hydrogen-bond acceptors (Lipinski definition) is 8. The Labute approximate surface area is 190 Å². The highest BCUT2D eigenvalue weighted by atomic mass is 32.1. The van der Waals surface area contributed by atoms with Crippen LogP contribution < -0.4 is 10.2 Å². The van der Waals surface area contributed by atoms with Crippen LogP contribution in [-0.2, 0) is 17.6 Å². The molecule has 2 aliphatic rings. The van der Waals surface area contributed by atoms with Crippen molar-refractivity contribution >= 4 is 28.3 Å². The van der Waals surface area contributed by atoms with E-state index in [0.717, 1.165) is 29.6 Å². The molecule has 0 aromatic carbocycles. The van der Waals surface area contributed by atoms with Gasteiger partial charge in [0.05, 0.1) is 12.0 Å². The monoisotopic (exact) mass is 451 g/mol. The molecule has 9 heteroatoms. The highest BCUT2D eigenvalue weighted by Gasteiger charge is 2.30. The van der Waals surface area contributed by atoms with Crippen LogP contribution in [0.4, 0.5) is 11.0 Å². The number of carbonyl (C=O) groups is 1. The maximum atomic E-state index is 12.9. The number of carbonyl (C=O) groups excluding carboxylic acids is 1. The number of anilines is 2. The number of thiazole rings is 1. The Balaban J connectivity index is 1.21. The van der Waals surface area contributed by atoms with Gasteiger partial charge in [-0.25, -0.2) is 4.98 Å². The van der Waals surface area contributed by atoms with E-state index in [0.29, 0.717) is 43.5 Å². The summed E-state index contributed by atoms with van der Waals surface area (Å²) >= 11 is 1.63. The predicted molar refractivity (Wildman–Crippen MR) is 120 cm³/mol. The third kappa shape index (κ3) is 4.02. The maximum absolute atomic E-state index is 12.9. The molecule has 1 aliphatic heterocycles. The highest BCUT2D eigenvalue weighted by Crippen LogP contribution is 2.35. The van der Waals surface area contributed by atoms with E-state index in [4.69, 9.17) is 8.83 Å². The van der Waals surface area contributed by atoms with Crippen LogP contribution in [-0.4, -0.2) is 29.0 Å². The fourth-order valence-electron chi connectivity index (χ4n) is 4.50. The van der Waals surface area contributed by atoms with Gasteiger partial charge in [-0.3, -0.25) is 4.79 Å². The lowest BCUT2D eigenvalue weighted by Crippen LogP contribution is -2.38. The summed E-state index contributed by atoms with van der Waals surface area (Å²) in [7, 11) is 0. The lowest BCUT2D eigenvalue weighted by atomic mass is 9.89. The zero-order chi connectivity index (χ0) is 22.1. The Morgan fingerprint density at radius 3 is 2.91 bits per heavy atom. The van der Waals surface area contributed by atoms with Gasteiger partial charge < -0.3 is 19.1 Å². The van der Waals surface area contributed by atoms with E-state index in [9.17, 15) is 10.1 Å². The van der Waals surface area contributed by atoms with Crippen LogP contribution in [0.3, 0.4) is 0 Å². The molecule has 0 bridgehead atoms. The van der Waals surface area contributed by atoms with Crippen molar-refractivity contribution in [3.8, 4) is 17.7 Å². The summed E-state index contributed by atoms with van der Waals surface area (Å²) in [4.78, 5) is 25.1. The third-order valence-electron chi connectivity index (χ3n) is 6.45. The molecule has 4 heterocycles. The van der Waals surface area contributed by atoms with E-state index in [-0.39, 0.29) is 17.5 Å². The molecule has 0 radical (unpaired) electrons. The van der Waals surface area contributed by atoms with Crippen LogP contribution in [0.25, 0.3) is 11.7 Å². The number of furan rings is 1. The molecule has 32 heavy (non-hydrogen) atoms. The molecule has 1 amide bonds. The van der Waals surface area contributed by atoms with Crippen LogP contribution in [0.1, 0.15) is 48.9 Å².